The Labute approximate surface area is 619 Å². The standard InChI is InChI=1S/C83H142O17P2/c1-5-9-13-17-21-25-29-32-35-37-38-40-43-45-49-52-56-60-64-68-80(85)93-73-78(99-82(87)69-65-61-57-53-47-28-24-20-16-12-8-4)75-97-101(89,90)95-71-77(84)72-96-102(91,92)98-76-79(100-83(88)70-66-62-58-54-50-46-41-34-31-27-23-19-15-11-7-3)74-94-81(86)67-63-59-55-51-48-44-42-39-36-33-30-26-22-18-14-10-6-2/h9-10,13-14,21-22,25-26,32-36,38,40-42,44-45,49,77-79,84H,5-8,11-12,15-20,23-24,27-31,37,39,43,46-48,50-76H2,1-4H3,(H,89,90)(H,91,92)/b13-9-,14-10-,25-21-,26-22-,35-32-,36-33-,40-38-,41-34-,44-42-,49-45-. The van der Waals surface area contributed by atoms with E-state index in [1.807, 2.05) is 0 Å². The predicted molar refractivity (Wildman–Crippen MR) is 418 cm³/mol. The zero-order valence-electron chi connectivity index (χ0n) is 64.0. The third-order valence-corrected chi connectivity index (χ3v) is 18.3. The Hall–Kier alpha value is -4.54. The summed E-state index contributed by atoms with van der Waals surface area (Å²) in [6, 6.07) is 0. The second-order valence-electron chi connectivity index (χ2n) is 26.2. The van der Waals surface area contributed by atoms with Crippen LogP contribution in [0.1, 0.15) is 323 Å². The highest BCUT2D eigenvalue weighted by Crippen LogP contribution is 2.45. The van der Waals surface area contributed by atoms with Gasteiger partial charge in [-0.05, 0) is 135 Å². The average Bonchev–Trinajstić information content (AvgIpc) is 0.926. The lowest BCUT2D eigenvalue weighted by atomic mass is 10.1. The van der Waals surface area contributed by atoms with Crippen LogP contribution in [0, 0.1) is 0 Å². The van der Waals surface area contributed by atoms with Crippen LogP contribution in [-0.4, -0.2) is 96.7 Å². The van der Waals surface area contributed by atoms with Gasteiger partial charge < -0.3 is 33.8 Å². The number of allylic oxidation sites excluding steroid dienone is 20. The second kappa shape index (κ2) is 74.7. The Morgan fingerprint density at radius 1 is 0.284 bits per heavy atom. The predicted octanol–water partition coefficient (Wildman–Crippen LogP) is 23.1. The van der Waals surface area contributed by atoms with Gasteiger partial charge >= 0.3 is 39.5 Å². The molecule has 0 aromatic rings. The van der Waals surface area contributed by atoms with Gasteiger partial charge in [-0.1, -0.05) is 284 Å². The fourth-order valence-corrected chi connectivity index (χ4v) is 12.0. The first-order chi connectivity index (χ1) is 49.7. The highest BCUT2D eigenvalue weighted by molar-refractivity contribution is 7.47. The molecule has 19 heteroatoms. The van der Waals surface area contributed by atoms with Crippen molar-refractivity contribution in [3.05, 3.63) is 122 Å². The number of unbranched alkanes of at least 4 members (excludes halogenated alkanes) is 28. The Bertz CT molecular complexity index is 2410. The van der Waals surface area contributed by atoms with E-state index in [0.717, 1.165) is 167 Å². The minimum absolute atomic E-state index is 0.0778. The van der Waals surface area contributed by atoms with Crippen LogP contribution >= 0.6 is 15.6 Å². The summed E-state index contributed by atoms with van der Waals surface area (Å²) in [5.41, 5.74) is 0. The normalized spacial score (nSPS) is 14.5. The van der Waals surface area contributed by atoms with Gasteiger partial charge in [0, 0.05) is 25.7 Å². The molecule has 102 heavy (non-hydrogen) atoms. The second-order valence-corrected chi connectivity index (χ2v) is 29.2. The molecule has 0 rings (SSSR count). The van der Waals surface area contributed by atoms with Crippen LogP contribution in [0.15, 0.2) is 122 Å². The summed E-state index contributed by atoms with van der Waals surface area (Å²) in [5.74, 6) is -2.24. The van der Waals surface area contributed by atoms with Crippen molar-refractivity contribution in [3.63, 3.8) is 0 Å². The molecule has 0 aliphatic carbocycles. The van der Waals surface area contributed by atoms with E-state index in [1.54, 1.807) is 0 Å². The van der Waals surface area contributed by atoms with E-state index in [2.05, 4.69) is 149 Å². The maximum Gasteiger partial charge on any atom is 0.472 e. The molecule has 0 bridgehead atoms. The fourth-order valence-electron chi connectivity index (χ4n) is 10.4. The van der Waals surface area contributed by atoms with Gasteiger partial charge in [0.05, 0.1) is 26.4 Å². The van der Waals surface area contributed by atoms with Crippen LogP contribution in [0.4, 0.5) is 0 Å². The first kappa shape index (κ1) is 97.5. The monoisotopic (exact) mass is 1470 g/mol. The fraction of sp³-hybridized carbons (Fsp3) is 0.711. The van der Waals surface area contributed by atoms with Crippen LogP contribution in [0.25, 0.3) is 0 Å². The molecule has 0 radical (unpaired) electrons. The largest absolute Gasteiger partial charge is 0.472 e. The van der Waals surface area contributed by atoms with E-state index in [0.29, 0.717) is 25.7 Å². The van der Waals surface area contributed by atoms with E-state index in [-0.39, 0.29) is 25.7 Å². The van der Waals surface area contributed by atoms with Crippen molar-refractivity contribution in [1.29, 1.82) is 0 Å². The number of rotatable bonds is 74. The number of ether oxygens (including phenoxy) is 4. The molecule has 0 spiro atoms. The van der Waals surface area contributed by atoms with Crippen LogP contribution in [0.3, 0.4) is 0 Å². The molecule has 0 aliphatic rings. The van der Waals surface area contributed by atoms with Crippen LogP contribution in [0.2, 0.25) is 0 Å². The summed E-state index contributed by atoms with van der Waals surface area (Å²) in [4.78, 5) is 72.9. The van der Waals surface area contributed by atoms with E-state index in [4.69, 9.17) is 37.0 Å². The van der Waals surface area contributed by atoms with Crippen molar-refractivity contribution in [2.75, 3.05) is 39.6 Å². The molecular weight excluding hydrogens is 1330 g/mol. The van der Waals surface area contributed by atoms with Gasteiger partial charge in [0.2, 0.25) is 0 Å². The molecule has 0 aromatic heterocycles. The van der Waals surface area contributed by atoms with E-state index in [9.17, 15) is 43.2 Å². The molecule has 0 saturated heterocycles. The Kier molecular flexibility index (Phi) is 71.4. The third kappa shape index (κ3) is 73.8. The molecule has 0 saturated carbocycles. The number of phosphoric acid groups is 2. The first-order valence-electron chi connectivity index (χ1n) is 39.8. The number of phosphoric ester groups is 2. The summed E-state index contributed by atoms with van der Waals surface area (Å²) < 4.78 is 68.5. The minimum atomic E-state index is -4.99. The van der Waals surface area contributed by atoms with Crippen molar-refractivity contribution >= 4 is 39.5 Å². The molecule has 0 aromatic carbocycles. The number of hydrogen-bond donors (Lipinski definition) is 3. The van der Waals surface area contributed by atoms with Gasteiger partial charge in [0.25, 0.3) is 0 Å². The van der Waals surface area contributed by atoms with Gasteiger partial charge in [0.1, 0.15) is 19.3 Å². The molecule has 5 atom stereocenters. The van der Waals surface area contributed by atoms with Gasteiger partial charge in [0.15, 0.2) is 12.2 Å². The first-order valence-corrected chi connectivity index (χ1v) is 42.8. The average molecular weight is 1470 g/mol. The maximum atomic E-state index is 13.1. The quantitative estimate of drug-likeness (QED) is 0.0169. The summed E-state index contributed by atoms with van der Waals surface area (Å²) in [6.45, 7) is 4.58. The van der Waals surface area contributed by atoms with Crippen molar-refractivity contribution in [1.82, 2.24) is 0 Å². The summed E-state index contributed by atoms with van der Waals surface area (Å²) >= 11 is 0. The molecular formula is C83H142O17P2. The SMILES string of the molecule is CC/C=C\C/C=C\C/C=C\C/C=C\C/C=C\CCCCCC(=O)OCC(COP(=O)(O)OCC(O)COP(=O)(O)OCC(COC(=O)CCCCCC/C=C\C/C=C\C/C=C\C/C=C\CC)OC(=O)CCCCCCC/C=C\CCCCCCCC)OC(=O)CCCCCCCCCCCCC. The number of carbonyl (C=O) groups is 4. The molecule has 0 amide bonds. The highest BCUT2D eigenvalue weighted by atomic mass is 31.2. The maximum absolute atomic E-state index is 13.1. The third-order valence-electron chi connectivity index (χ3n) is 16.4. The van der Waals surface area contributed by atoms with Crippen molar-refractivity contribution < 1.29 is 80.2 Å². The Balaban J connectivity index is 5.37. The van der Waals surface area contributed by atoms with E-state index < -0.39 is 97.5 Å². The topological polar surface area (TPSA) is 237 Å². The molecule has 0 heterocycles. The van der Waals surface area contributed by atoms with Crippen molar-refractivity contribution in [2.45, 2.75) is 341 Å². The number of esters is 4. The Morgan fingerprint density at radius 3 is 0.804 bits per heavy atom. The summed E-state index contributed by atoms with van der Waals surface area (Å²) in [7, 11) is -9.97. The van der Waals surface area contributed by atoms with Gasteiger partial charge in [-0.15, -0.1) is 0 Å². The highest BCUT2D eigenvalue weighted by Gasteiger charge is 2.30. The molecule has 5 unspecified atom stereocenters. The molecule has 0 aliphatic heterocycles. The zero-order chi connectivity index (χ0) is 74.6. The van der Waals surface area contributed by atoms with Crippen molar-refractivity contribution in [3.8, 4) is 0 Å². The van der Waals surface area contributed by atoms with Gasteiger partial charge in [-0.25, -0.2) is 9.13 Å². The minimum Gasteiger partial charge on any atom is -0.462 e. The van der Waals surface area contributed by atoms with Crippen LogP contribution < -0.4 is 0 Å². The van der Waals surface area contributed by atoms with Crippen molar-refractivity contribution in [2.24, 2.45) is 0 Å². The number of aliphatic hydroxyl groups excluding tert-OH is 1. The molecule has 3 N–H and O–H groups in total. The zero-order valence-corrected chi connectivity index (χ0v) is 65.8. The van der Waals surface area contributed by atoms with Gasteiger partial charge in [-0.3, -0.25) is 37.3 Å². The number of aliphatic hydroxyl groups is 1. The Morgan fingerprint density at radius 2 is 0.510 bits per heavy atom. The molecule has 586 valence electrons. The van der Waals surface area contributed by atoms with E-state index >= 15 is 0 Å². The summed E-state index contributed by atoms with van der Waals surface area (Å²) in [6.07, 6.45) is 81.8. The lowest BCUT2D eigenvalue weighted by molar-refractivity contribution is -0.161. The van der Waals surface area contributed by atoms with Crippen LogP contribution in [-0.2, 0) is 65.4 Å². The molecule has 17 nitrogen and oxygen atoms in total. The smallest absolute Gasteiger partial charge is 0.462 e. The summed E-state index contributed by atoms with van der Waals surface area (Å²) in [5, 5.41) is 10.6. The number of hydrogen-bond acceptors (Lipinski definition) is 15. The van der Waals surface area contributed by atoms with Gasteiger partial charge in [-0.2, -0.15) is 0 Å². The lowest BCUT2D eigenvalue weighted by Gasteiger charge is -2.21. The number of carbonyl (C=O) groups excluding carboxylic acids is 4. The van der Waals surface area contributed by atoms with E-state index in [1.165, 1.54) is 77.0 Å². The molecule has 0 fully saturated rings. The lowest BCUT2D eigenvalue weighted by Crippen LogP contribution is -2.30. The van der Waals surface area contributed by atoms with Crippen LogP contribution in [0.5, 0.6) is 0 Å².